The minimum Gasteiger partial charge on any atom is -0.492 e. The highest BCUT2D eigenvalue weighted by molar-refractivity contribution is 5.38. The molecule has 1 unspecified atom stereocenters. The number of nitrogens with zero attached hydrogens (tertiary/aromatic N) is 1. The molecule has 0 amide bonds. The van der Waals surface area contributed by atoms with Crippen molar-refractivity contribution in [3.8, 4) is 5.75 Å². The van der Waals surface area contributed by atoms with Gasteiger partial charge in [0.25, 0.3) is 0 Å². The monoisotopic (exact) mass is 250 g/mol. The van der Waals surface area contributed by atoms with Gasteiger partial charge in [0.05, 0.1) is 6.04 Å². The highest BCUT2D eigenvalue weighted by atomic mass is 16.5. The maximum atomic E-state index is 5.96. The van der Waals surface area contributed by atoms with Crippen LogP contribution in [0.4, 0.5) is 0 Å². The second kappa shape index (κ2) is 6.21. The summed E-state index contributed by atoms with van der Waals surface area (Å²) in [5.74, 6) is 0.963. The summed E-state index contributed by atoms with van der Waals surface area (Å²) in [5, 5.41) is 0. The number of hydrogen-bond acceptors (Lipinski definition) is 3. The first-order valence-electron chi connectivity index (χ1n) is 6.45. The normalized spacial score (nSPS) is 13.7. The summed E-state index contributed by atoms with van der Waals surface area (Å²) < 4.78 is 5.96. The molecule has 2 N–H and O–H groups in total. The molecule has 1 aromatic rings. The summed E-state index contributed by atoms with van der Waals surface area (Å²) in [6.07, 6.45) is 0. The van der Waals surface area contributed by atoms with E-state index < -0.39 is 0 Å². The number of ether oxygens (including phenoxy) is 1. The van der Waals surface area contributed by atoms with Crippen molar-refractivity contribution in [1.29, 1.82) is 0 Å². The number of benzene rings is 1. The van der Waals surface area contributed by atoms with Crippen molar-refractivity contribution in [2.45, 2.75) is 32.2 Å². The average Bonchev–Trinajstić information content (AvgIpc) is 2.28. The van der Waals surface area contributed by atoms with Gasteiger partial charge in [0.1, 0.15) is 12.4 Å². The molecular weight excluding hydrogens is 224 g/mol. The van der Waals surface area contributed by atoms with Gasteiger partial charge < -0.3 is 15.4 Å². The molecule has 0 fully saturated rings. The van der Waals surface area contributed by atoms with Crippen molar-refractivity contribution in [3.63, 3.8) is 0 Å². The maximum absolute atomic E-state index is 5.96. The second-order valence-corrected chi connectivity index (χ2v) is 5.91. The number of para-hydroxylation sites is 1. The van der Waals surface area contributed by atoms with Gasteiger partial charge in [0, 0.05) is 6.54 Å². The van der Waals surface area contributed by atoms with Crippen LogP contribution >= 0.6 is 0 Å². The molecule has 18 heavy (non-hydrogen) atoms. The van der Waals surface area contributed by atoms with E-state index in [1.54, 1.807) is 0 Å². The van der Waals surface area contributed by atoms with Gasteiger partial charge >= 0.3 is 0 Å². The smallest absolute Gasteiger partial charge is 0.123 e. The van der Waals surface area contributed by atoms with Crippen LogP contribution < -0.4 is 10.5 Å². The lowest BCUT2D eigenvalue weighted by Gasteiger charge is -2.26. The standard InChI is InChI=1S/C15H26N2O/c1-15(2,3)13-8-6-7-9-14(13)18-11-12(10-16)17(4)5/h6-9,12H,10-11,16H2,1-5H3. The second-order valence-electron chi connectivity index (χ2n) is 5.91. The summed E-state index contributed by atoms with van der Waals surface area (Å²) >= 11 is 0. The lowest BCUT2D eigenvalue weighted by Crippen LogP contribution is -2.40. The van der Waals surface area contributed by atoms with Crippen LogP contribution in [0, 0.1) is 0 Å². The molecule has 0 aliphatic carbocycles. The summed E-state index contributed by atoms with van der Waals surface area (Å²) in [4.78, 5) is 2.10. The van der Waals surface area contributed by atoms with Gasteiger partial charge in [-0.15, -0.1) is 0 Å². The van der Waals surface area contributed by atoms with Crippen LogP contribution in [-0.2, 0) is 5.41 Å². The zero-order valence-corrected chi connectivity index (χ0v) is 12.2. The SMILES string of the molecule is CN(C)C(CN)COc1ccccc1C(C)(C)C. The van der Waals surface area contributed by atoms with E-state index >= 15 is 0 Å². The molecule has 102 valence electrons. The van der Waals surface area contributed by atoms with E-state index in [4.69, 9.17) is 10.5 Å². The molecule has 0 aliphatic rings. The molecule has 0 bridgehead atoms. The predicted molar refractivity (Wildman–Crippen MR) is 77.2 cm³/mol. The Morgan fingerprint density at radius 3 is 2.33 bits per heavy atom. The van der Waals surface area contributed by atoms with Crippen LogP contribution in [-0.4, -0.2) is 38.2 Å². The van der Waals surface area contributed by atoms with E-state index in [2.05, 4.69) is 37.8 Å². The summed E-state index contributed by atoms with van der Waals surface area (Å²) in [7, 11) is 4.05. The molecule has 3 nitrogen and oxygen atoms in total. The molecule has 0 radical (unpaired) electrons. The lowest BCUT2D eigenvalue weighted by molar-refractivity contribution is 0.188. The topological polar surface area (TPSA) is 38.5 Å². The molecule has 0 aromatic heterocycles. The van der Waals surface area contributed by atoms with Gasteiger partial charge in [-0.3, -0.25) is 0 Å². The van der Waals surface area contributed by atoms with Gasteiger partial charge in [-0.1, -0.05) is 39.0 Å². The van der Waals surface area contributed by atoms with E-state index in [-0.39, 0.29) is 11.5 Å². The molecule has 3 heteroatoms. The van der Waals surface area contributed by atoms with Gasteiger partial charge in [0.15, 0.2) is 0 Å². The highest BCUT2D eigenvalue weighted by Gasteiger charge is 2.19. The van der Waals surface area contributed by atoms with Crippen LogP contribution in [0.3, 0.4) is 0 Å². The van der Waals surface area contributed by atoms with Gasteiger partial charge in [-0.2, -0.15) is 0 Å². The van der Waals surface area contributed by atoms with Crippen molar-refractivity contribution in [1.82, 2.24) is 4.90 Å². The summed E-state index contributed by atoms with van der Waals surface area (Å²) in [6.45, 7) is 7.81. The van der Waals surface area contributed by atoms with Crippen LogP contribution in [0.5, 0.6) is 5.75 Å². The first-order valence-corrected chi connectivity index (χ1v) is 6.45. The van der Waals surface area contributed by atoms with Crippen molar-refractivity contribution < 1.29 is 4.74 Å². The maximum Gasteiger partial charge on any atom is 0.123 e. The largest absolute Gasteiger partial charge is 0.492 e. The Kier molecular flexibility index (Phi) is 5.17. The first-order chi connectivity index (χ1) is 8.36. The van der Waals surface area contributed by atoms with E-state index in [1.165, 1.54) is 5.56 Å². The minimum atomic E-state index is 0.0902. The molecule has 1 rings (SSSR count). The Morgan fingerprint density at radius 2 is 1.83 bits per heavy atom. The fourth-order valence-electron chi connectivity index (χ4n) is 1.83. The van der Waals surface area contributed by atoms with Crippen LogP contribution in [0.15, 0.2) is 24.3 Å². The van der Waals surface area contributed by atoms with E-state index in [0.717, 1.165) is 5.75 Å². The Hall–Kier alpha value is -1.06. The third-order valence-electron chi connectivity index (χ3n) is 3.13. The molecule has 0 saturated carbocycles. The van der Waals surface area contributed by atoms with Gasteiger partial charge in [0.2, 0.25) is 0 Å². The minimum absolute atomic E-state index is 0.0902. The van der Waals surface area contributed by atoms with Gasteiger partial charge in [-0.05, 0) is 31.1 Å². The molecule has 0 saturated heterocycles. The number of nitrogens with two attached hydrogens (primary N) is 1. The third kappa shape index (κ3) is 4.00. The van der Waals surface area contributed by atoms with Crippen molar-refractivity contribution in [2.24, 2.45) is 5.73 Å². The number of rotatable bonds is 5. The summed E-state index contributed by atoms with van der Waals surface area (Å²) in [6, 6.07) is 8.47. The van der Waals surface area contributed by atoms with Crippen LogP contribution in [0.2, 0.25) is 0 Å². The Balaban J connectivity index is 2.79. The molecule has 1 aromatic carbocycles. The van der Waals surface area contributed by atoms with E-state index in [9.17, 15) is 0 Å². The number of likely N-dealkylation sites (N-methyl/N-ethyl adjacent to an activating group) is 1. The quantitative estimate of drug-likeness (QED) is 0.871. The molecule has 0 heterocycles. The lowest BCUT2D eigenvalue weighted by atomic mass is 9.86. The van der Waals surface area contributed by atoms with Crippen molar-refractivity contribution in [3.05, 3.63) is 29.8 Å². The first kappa shape index (κ1) is 15.0. The van der Waals surface area contributed by atoms with Crippen LogP contribution in [0.1, 0.15) is 26.3 Å². The molecular formula is C15H26N2O. The molecule has 0 aliphatic heterocycles. The Bertz CT molecular complexity index is 369. The zero-order chi connectivity index (χ0) is 13.8. The van der Waals surface area contributed by atoms with Crippen molar-refractivity contribution >= 4 is 0 Å². The fraction of sp³-hybridized carbons (Fsp3) is 0.600. The van der Waals surface area contributed by atoms with E-state index in [0.29, 0.717) is 13.2 Å². The van der Waals surface area contributed by atoms with E-state index in [1.807, 2.05) is 26.2 Å². The fourth-order valence-corrected chi connectivity index (χ4v) is 1.83. The molecule has 1 atom stereocenters. The van der Waals surface area contributed by atoms with Crippen LogP contribution in [0.25, 0.3) is 0 Å². The highest BCUT2D eigenvalue weighted by Crippen LogP contribution is 2.30. The third-order valence-corrected chi connectivity index (χ3v) is 3.13. The Labute approximate surface area is 111 Å². The van der Waals surface area contributed by atoms with Gasteiger partial charge in [-0.25, -0.2) is 0 Å². The zero-order valence-electron chi connectivity index (χ0n) is 12.2. The van der Waals surface area contributed by atoms with Crippen molar-refractivity contribution in [2.75, 3.05) is 27.2 Å². The number of hydrogen-bond donors (Lipinski definition) is 1. The summed E-state index contributed by atoms with van der Waals surface area (Å²) in [5.41, 5.74) is 7.07. The average molecular weight is 250 g/mol. The molecule has 0 spiro atoms. The predicted octanol–water partition coefficient (Wildman–Crippen LogP) is 2.25. The Morgan fingerprint density at radius 1 is 1.22 bits per heavy atom.